The minimum atomic E-state index is -4.67. The van der Waals surface area contributed by atoms with Crippen LogP contribution in [0.2, 0.25) is 5.02 Å². The number of carbonyl (C=O) groups excluding carboxylic acids is 3. The van der Waals surface area contributed by atoms with Crippen LogP contribution in [0, 0.1) is 0 Å². The van der Waals surface area contributed by atoms with Gasteiger partial charge in [0.2, 0.25) is 0 Å². The number of urea groups is 1. The molecule has 0 atom stereocenters. The summed E-state index contributed by atoms with van der Waals surface area (Å²) < 4.78 is 44.8. The zero-order chi connectivity index (χ0) is 30.1. The van der Waals surface area contributed by atoms with Crippen molar-refractivity contribution in [2.75, 3.05) is 10.6 Å². The predicted molar refractivity (Wildman–Crippen MR) is 149 cm³/mol. The number of rotatable bonds is 7. The van der Waals surface area contributed by atoms with Crippen molar-refractivity contribution in [2.24, 2.45) is 0 Å². The first kappa shape index (κ1) is 29.6. The van der Waals surface area contributed by atoms with E-state index in [0.29, 0.717) is 17.0 Å². The maximum absolute atomic E-state index is 13.0. The van der Waals surface area contributed by atoms with E-state index in [0.717, 1.165) is 12.1 Å². The largest absolute Gasteiger partial charge is 0.457 e. The summed E-state index contributed by atoms with van der Waals surface area (Å²) in [7, 11) is 0. The third kappa shape index (κ3) is 8.53. The predicted octanol–water partition coefficient (Wildman–Crippen LogP) is 6.06. The van der Waals surface area contributed by atoms with Crippen molar-refractivity contribution in [1.82, 2.24) is 20.8 Å². The van der Waals surface area contributed by atoms with E-state index in [-0.39, 0.29) is 17.1 Å². The summed E-state index contributed by atoms with van der Waals surface area (Å²) >= 11 is 5.60. The number of anilines is 2. The molecule has 0 aliphatic rings. The molecule has 0 saturated heterocycles. The lowest BCUT2D eigenvalue weighted by molar-refractivity contribution is -0.137. The smallest absolute Gasteiger partial charge is 0.417 e. The monoisotopic (exact) mass is 596 g/mol. The third-order valence-electron chi connectivity index (χ3n) is 5.25. The average molecular weight is 597 g/mol. The Morgan fingerprint density at radius 2 is 1.60 bits per heavy atom. The highest BCUT2D eigenvalue weighted by atomic mass is 35.5. The first-order valence-electron chi connectivity index (χ1n) is 11.9. The summed E-state index contributed by atoms with van der Waals surface area (Å²) in [5.41, 5.74) is 4.33. The molecule has 4 aromatic rings. The molecular weight excluding hydrogens is 577 g/mol. The Morgan fingerprint density at radius 1 is 0.857 bits per heavy atom. The number of pyridine rings is 2. The van der Waals surface area contributed by atoms with Gasteiger partial charge in [-0.15, -0.1) is 0 Å². The van der Waals surface area contributed by atoms with E-state index in [4.69, 9.17) is 16.3 Å². The van der Waals surface area contributed by atoms with E-state index in [1.807, 2.05) is 0 Å². The molecule has 0 aliphatic heterocycles. The van der Waals surface area contributed by atoms with Crippen molar-refractivity contribution in [3.05, 3.63) is 113 Å². The molecule has 2 heterocycles. The molecule has 2 aromatic heterocycles. The summed E-state index contributed by atoms with van der Waals surface area (Å²) in [6.45, 7) is 0. The normalized spacial score (nSPS) is 11.0. The van der Waals surface area contributed by atoms with Gasteiger partial charge in [0.15, 0.2) is 0 Å². The molecular formula is C28H20ClF3N6O4. The van der Waals surface area contributed by atoms with Crippen LogP contribution in [0.15, 0.2) is 91.4 Å². The zero-order valence-electron chi connectivity index (χ0n) is 21.3. The van der Waals surface area contributed by atoms with Gasteiger partial charge in [-0.2, -0.15) is 13.2 Å². The van der Waals surface area contributed by atoms with Gasteiger partial charge in [0.1, 0.15) is 17.2 Å². The van der Waals surface area contributed by atoms with Crippen LogP contribution in [0.25, 0.3) is 6.08 Å². The van der Waals surface area contributed by atoms with Crippen LogP contribution in [0.5, 0.6) is 11.5 Å². The Kier molecular flexibility index (Phi) is 9.35. The summed E-state index contributed by atoms with van der Waals surface area (Å²) in [5, 5.41) is 4.33. The fraction of sp³-hybridized carbons (Fsp3) is 0.0357. The number of hydrogen-bond donors (Lipinski definition) is 4. The summed E-state index contributed by atoms with van der Waals surface area (Å²) in [4.78, 5) is 44.5. The number of benzene rings is 2. The van der Waals surface area contributed by atoms with Crippen molar-refractivity contribution in [1.29, 1.82) is 0 Å². The molecule has 2 aromatic carbocycles. The summed E-state index contributed by atoms with van der Waals surface area (Å²) in [6.07, 6.45) is 2.60. The first-order valence-corrected chi connectivity index (χ1v) is 12.3. The zero-order valence-corrected chi connectivity index (χ0v) is 22.0. The second-order valence-corrected chi connectivity index (χ2v) is 8.74. The Bertz CT molecular complexity index is 1620. The summed E-state index contributed by atoms with van der Waals surface area (Å²) in [6, 6.07) is 14.6. The van der Waals surface area contributed by atoms with Gasteiger partial charge in [-0.25, -0.2) is 4.79 Å². The van der Waals surface area contributed by atoms with Crippen LogP contribution in [-0.2, 0) is 11.0 Å². The molecule has 0 fully saturated rings. The van der Waals surface area contributed by atoms with Gasteiger partial charge in [-0.05, 0) is 66.2 Å². The molecule has 0 unspecified atom stereocenters. The lowest BCUT2D eigenvalue weighted by Crippen LogP contribution is -2.41. The Balaban J connectivity index is 1.29. The molecule has 42 heavy (non-hydrogen) atoms. The maximum Gasteiger partial charge on any atom is 0.417 e. The minimum Gasteiger partial charge on any atom is -0.457 e. The number of hydrazine groups is 1. The van der Waals surface area contributed by atoms with Crippen LogP contribution in [0.1, 0.15) is 21.6 Å². The average Bonchev–Trinajstić information content (AvgIpc) is 2.97. The van der Waals surface area contributed by atoms with Crippen LogP contribution in [0.3, 0.4) is 0 Å². The molecule has 0 aliphatic carbocycles. The number of halogens is 4. The molecule has 14 heteroatoms. The fourth-order valence-electron chi connectivity index (χ4n) is 3.33. The van der Waals surface area contributed by atoms with E-state index in [1.165, 1.54) is 60.8 Å². The highest BCUT2D eigenvalue weighted by Crippen LogP contribution is 2.36. The number of hydrogen-bond acceptors (Lipinski definition) is 6. The highest BCUT2D eigenvalue weighted by molar-refractivity contribution is 6.31. The number of carbonyl (C=O) groups is 3. The van der Waals surface area contributed by atoms with E-state index < -0.39 is 34.6 Å². The van der Waals surface area contributed by atoms with Gasteiger partial charge in [-0.3, -0.25) is 30.4 Å². The molecule has 0 radical (unpaired) electrons. The van der Waals surface area contributed by atoms with Crippen molar-refractivity contribution >= 4 is 46.9 Å². The van der Waals surface area contributed by atoms with Crippen molar-refractivity contribution in [2.45, 2.75) is 6.18 Å². The molecule has 0 bridgehead atoms. The van der Waals surface area contributed by atoms with Crippen molar-refractivity contribution in [3.63, 3.8) is 0 Å². The molecule has 4 amide bonds. The van der Waals surface area contributed by atoms with Gasteiger partial charge >= 0.3 is 12.2 Å². The lowest BCUT2D eigenvalue weighted by atomic mass is 10.2. The Labute approximate surface area is 241 Å². The van der Waals surface area contributed by atoms with Gasteiger partial charge in [0.25, 0.3) is 11.8 Å². The number of ether oxygens (including phenoxy) is 1. The van der Waals surface area contributed by atoms with Gasteiger partial charge in [-0.1, -0.05) is 17.7 Å². The second kappa shape index (κ2) is 13.3. The first-order chi connectivity index (χ1) is 20.1. The highest BCUT2D eigenvalue weighted by Gasteiger charge is 2.33. The molecule has 0 saturated carbocycles. The van der Waals surface area contributed by atoms with E-state index >= 15 is 0 Å². The lowest BCUT2D eigenvalue weighted by Gasteiger charge is -2.12. The number of amides is 4. The molecule has 10 nitrogen and oxygen atoms in total. The number of nitrogens with zero attached hydrogens (tertiary/aromatic N) is 2. The molecule has 214 valence electrons. The Morgan fingerprint density at radius 3 is 2.31 bits per heavy atom. The van der Waals surface area contributed by atoms with Crippen LogP contribution in [-0.4, -0.2) is 27.8 Å². The van der Waals surface area contributed by atoms with E-state index in [2.05, 4.69) is 31.5 Å². The minimum absolute atomic E-state index is 0.0325. The van der Waals surface area contributed by atoms with Crippen molar-refractivity contribution < 1.29 is 32.3 Å². The topological polar surface area (TPSA) is 134 Å². The molecule has 0 spiro atoms. The van der Waals surface area contributed by atoms with Crippen LogP contribution < -0.4 is 26.2 Å². The molecule has 4 N–H and O–H groups in total. The number of nitrogens with one attached hydrogen (secondary N) is 4. The summed E-state index contributed by atoms with van der Waals surface area (Å²) in [5.74, 6) is -0.641. The third-order valence-corrected chi connectivity index (χ3v) is 5.58. The van der Waals surface area contributed by atoms with Crippen LogP contribution in [0.4, 0.5) is 29.3 Å². The SMILES string of the molecule is O=C(/C=C/c1cccnc1)NNC(=O)c1cc(Oc2ccc(NC(=O)Nc3ccc(Cl)c(C(F)(F)F)c3)cc2)ccn1. The maximum atomic E-state index is 13.0. The van der Waals surface area contributed by atoms with E-state index in [9.17, 15) is 27.6 Å². The molecule has 4 rings (SSSR count). The standard InChI is InChI=1S/C28H20ClF3N6O4/c29-23-9-6-19(14-22(23)28(30,31)32)36-27(41)35-18-4-7-20(8-5-18)42-21-11-13-34-24(15-21)26(40)38-37-25(39)10-3-17-2-1-12-33-16-17/h1-16H,(H,37,39)(H,38,40)(H2,35,36,41)/b10-3+. The number of aromatic nitrogens is 2. The second-order valence-electron chi connectivity index (χ2n) is 8.34. The van der Waals surface area contributed by atoms with E-state index in [1.54, 1.807) is 24.5 Å². The van der Waals surface area contributed by atoms with Crippen molar-refractivity contribution in [3.8, 4) is 11.5 Å². The van der Waals surface area contributed by atoms with Gasteiger partial charge in [0.05, 0.1) is 10.6 Å². The van der Waals surface area contributed by atoms with Gasteiger partial charge in [0, 0.05) is 42.1 Å². The van der Waals surface area contributed by atoms with Gasteiger partial charge < -0.3 is 15.4 Å². The quantitative estimate of drug-likeness (QED) is 0.151. The number of alkyl halides is 3. The Hall–Kier alpha value is -5.43. The van der Waals surface area contributed by atoms with Crippen LogP contribution >= 0.6 is 11.6 Å². The fourth-order valence-corrected chi connectivity index (χ4v) is 3.55.